The van der Waals surface area contributed by atoms with Gasteiger partial charge in [-0.1, -0.05) is 16.8 Å². The van der Waals surface area contributed by atoms with Crippen molar-refractivity contribution in [2.45, 2.75) is 13.8 Å². The van der Waals surface area contributed by atoms with Gasteiger partial charge in [-0.2, -0.15) is 0 Å². The van der Waals surface area contributed by atoms with Crippen LogP contribution in [0.2, 0.25) is 5.15 Å². The summed E-state index contributed by atoms with van der Waals surface area (Å²) in [7, 11) is 1.63. The summed E-state index contributed by atoms with van der Waals surface area (Å²) < 4.78 is 10.9. The molecule has 0 radical (unpaired) electrons. The summed E-state index contributed by atoms with van der Waals surface area (Å²) in [6, 6.07) is 3.93. The van der Waals surface area contributed by atoms with Crippen LogP contribution in [0, 0.1) is 13.8 Å². The first-order valence-electron chi connectivity index (χ1n) is 7.03. The van der Waals surface area contributed by atoms with E-state index in [2.05, 4.69) is 20.1 Å². The van der Waals surface area contributed by atoms with E-state index in [-0.39, 0.29) is 0 Å². The van der Waals surface area contributed by atoms with E-state index in [4.69, 9.17) is 20.9 Å². The van der Waals surface area contributed by atoms with E-state index >= 15 is 0 Å². The molecule has 0 saturated heterocycles. The van der Waals surface area contributed by atoms with Crippen molar-refractivity contribution in [3.63, 3.8) is 0 Å². The Morgan fingerprint density at radius 2 is 2.04 bits per heavy atom. The minimum absolute atomic E-state index is 0.411. The van der Waals surface area contributed by atoms with Gasteiger partial charge in [0.05, 0.1) is 23.8 Å². The van der Waals surface area contributed by atoms with Gasteiger partial charge < -0.3 is 14.2 Å². The van der Waals surface area contributed by atoms with Gasteiger partial charge in [-0.25, -0.2) is 9.97 Å². The molecule has 0 amide bonds. The molecule has 1 aromatic carbocycles. The summed E-state index contributed by atoms with van der Waals surface area (Å²) in [5.74, 6) is 1.46. The van der Waals surface area contributed by atoms with Crippen molar-refractivity contribution in [3.8, 4) is 16.9 Å². The number of rotatable bonds is 2. The zero-order valence-electron chi connectivity index (χ0n) is 12.8. The molecule has 4 aromatic rings. The SMILES string of the molecule is COc1cc2c(cc1-c1c(C)noc1C)[nH]c1ncnc(Cl)c12. The maximum atomic E-state index is 6.23. The molecule has 116 valence electrons. The highest BCUT2D eigenvalue weighted by Gasteiger charge is 2.19. The Kier molecular flexibility index (Phi) is 3.02. The summed E-state index contributed by atoms with van der Waals surface area (Å²) in [6.45, 7) is 3.79. The van der Waals surface area contributed by atoms with Crippen LogP contribution < -0.4 is 4.74 Å². The fourth-order valence-corrected chi connectivity index (χ4v) is 3.18. The van der Waals surface area contributed by atoms with Crippen LogP contribution in [0.4, 0.5) is 0 Å². The average Bonchev–Trinajstić information content (AvgIpc) is 3.06. The lowest BCUT2D eigenvalue weighted by atomic mass is 10.0. The fraction of sp³-hybridized carbons (Fsp3) is 0.188. The van der Waals surface area contributed by atoms with E-state index in [1.165, 1.54) is 6.33 Å². The van der Waals surface area contributed by atoms with E-state index in [9.17, 15) is 0 Å². The number of methoxy groups -OCH3 is 1. The lowest BCUT2D eigenvalue weighted by Gasteiger charge is -2.09. The maximum absolute atomic E-state index is 6.23. The molecule has 0 bridgehead atoms. The molecule has 23 heavy (non-hydrogen) atoms. The summed E-state index contributed by atoms with van der Waals surface area (Å²) in [6.07, 6.45) is 1.44. The van der Waals surface area contributed by atoms with Gasteiger partial charge in [0.2, 0.25) is 0 Å². The van der Waals surface area contributed by atoms with E-state index in [1.54, 1.807) is 7.11 Å². The number of hydrogen-bond donors (Lipinski definition) is 1. The smallest absolute Gasteiger partial charge is 0.143 e. The number of halogens is 1. The molecule has 0 saturated carbocycles. The number of ether oxygens (including phenoxy) is 1. The average molecular weight is 329 g/mol. The van der Waals surface area contributed by atoms with Gasteiger partial charge in [0.15, 0.2) is 0 Å². The molecule has 0 aliphatic heterocycles. The molecule has 0 unspecified atom stereocenters. The number of aryl methyl sites for hydroxylation is 2. The Hall–Kier alpha value is -2.60. The number of nitrogens with zero attached hydrogens (tertiary/aromatic N) is 3. The van der Waals surface area contributed by atoms with Crippen LogP contribution >= 0.6 is 11.6 Å². The summed E-state index contributed by atoms with van der Waals surface area (Å²) >= 11 is 6.23. The van der Waals surface area contributed by atoms with Crippen LogP contribution in [0.3, 0.4) is 0 Å². The molecular weight excluding hydrogens is 316 g/mol. The zero-order chi connectivity index (χ0) is 16.1. The standard InChI is InChI=1S/C16H13ClN4O2/c1-7-13(8(2)23-21-7)10-4-11-9(5-12(10)22-3)14-15(17)18-6-19-16(14)20-11/h4-6H,1-3H3,(H,18,19,20). The van der Waals surface area contributed by atoms with Crippen molar-refractivity contribution >= 4 is 33.5 Å². The van der Waals surface area contributed by atoms with Gasteiger partial charge in [0, 0.05) is 16.5 Å². The number of hydrogen-bond acceptors (Lipinski definition) is 5. The topological polar surface area (TPSA) is 76.8 Å². The van der Waals surface area contributed by atoms with Gasteiger partial charge in [-0.05, 0) is 26.0 Å². The molecule has 1 N–H and O–H groups in total. The van der Waals surface area contributed by atoms with Crippen molar-refractivity contribution < 1.29 is 9.26 Å². The Morgan fingerprint density at radius 1 is 1.22 bits per heavy atom. The van der Waals surface area contributed by atoms with Crippen molar-refractivity contribution in [2.24, 2.45) is 0 Å². The number of H-pyrrole nitrogens is 1. The number of aromatic nitrogens is 4. The highest BCUT2D eigenvalue weighted by molar-refractivity contribution is 6.36. The number of benzene rings is 1. The Balaban J connectivity index is 2.11. The molecule has 3 aromatic heterocycles. The Bertz CT molecular complexity index is 1030. The van der Waals surface area contributed by atoms with Gasteiger partial charge in [0.25, 0.3) is 0 Å². The fourth-order valence-electron chi connectivity index (χ4n) is 2.95. The molecule has 7 heteroatoms. The molecule has 0 fully saturated rings. The summed E-state index contributed by atoms with van der Waals surface area (Å²) in [5, 5.41) is 6.13. The highest BCUT2D eigenvalue weighted by Crippen LogP contribution is 2.40. The van der Waals surface area contributed by atoms with Crippen LogP contribution in [0.1, 0.15) is 11.5 Å². The maximum Gasteiger partial charge on any atom is 0.143 e. The van der Waals surface area contributed by atoms with E-state index in [0.29, 0.717) is 16.5 Å². The molecule has 6 nitrogen and oxygen atoms in total. The molecule has 0 atom stereocenters. The second-order valence-electron chi connectivity index (χ2n) is 5.31. The largest absolute Gasteiger partial charge is 0.496 e. The lowest BCUT2D eigenvalue weighted by Crippen LogP contribution is -1.90. The number of fused-ring (bicyclic) bond motifs is 3. The Morgan fingerprint density at radius 3 is 2.74 bits per heavy atom. The quantitative estimate of drug-likeness (QED) is 0.562. The van der Waals surface area contributed by atoms with Crippen molar-refractivity contribution in [3.05, 3.63) is 35.1 Å². The predicted octanol–water partition coefficient (Wildman–Crippen LogP) is 4.04. The molecule has 0 aliphatic carbocycles. The van der Waals surface area contributed by atoms with Crippen LogP contribution in [0.15, 0.2) is 23.0 Å². The molecule has 4 rings (SSSR count). The molecule has 0 spiro atoms. The molecule has 3 heterocycles. The van der Waals surface area contributed by atoms with Gasteiger partial charge in [0.1, 0.15) is 28.6 Å². The van der Waals surface area contributed by atoms with Gasteiger partial charge in [-0.15, -0.1) is 0 Å². The third-order valence-corrected chi connectivity index (χ3v) is 4.25. The third kappa shape index (κ3) is 1.98. The second kappa shape index (κ2) is 4.96. The minimum atomic E-state index is 0.411. The van der Waals surface area contributed by atoms with Crippen LogP contribution in [-0.4, -0.2) is 27.2 Å². The molecule has 0 aliphatic rings. The third-order valence-electron chi connectivity index (χ3n) is 3.97. The van der Waals surface area contributed by atoms with Crippen LogP contribution in [-0.2, 0) is 0 Å². The first-order chi connectivity index (χ1) is 11.1. The van der Waals surface area contributed by atoms with Gasteiger partial charge in [-0.3, -0.25) is 0 Å². The van der Waals surface area contributed by atoms with E-state index in [1.807, 2.05) is 26.0 Å². The first-order valence-corrected chi connectivity index (χ1v) is 7.41. The van der Waals surface area contributed by atoms with Crippen molar-refractivity contribution in [2.75, 3.05) is 7.11 Å². The van der Waals surface area contributed by atoms with Gasteiger partial charge >= 0.3 is 0 Å². The second-order valence-corrected chi connectivity index (χ2v) is 5.67. The minimum Gasteiger partial charge on any atom is -0.496 e. The van der Waals surface area contributed by atoms with E-state index in [0.717, 1.165) is 38.9 Å². The van der Waals surface area contributed by atoms with Crippen molar-refractivity contribution in [1.29, 1.82) is 0 Å². The number of nitrogens with one attached hydrogen (secondary N) is 1. The predicted molar refractivity (Wildman–Crippen MR) is 87.9 cm³/mol. The highest BCUT2D eigenvalue weighted by atomic mass is 35.5. The van der Waals surface area contributed by atoms with Crippen LogP contribution in [0.5, 0.6) is 5.75 Å². The Labute approximate surface area is 136 Å². The van der Waals surface area contributed by atoms with Crippen molar-refractivity contribution in [1.82, 2.24) is 20.1 Å². The van der Waals surface area contributed by atoms with E-state index < -0.39 is 0 Å². The lowest BCUT2D eigenvalue weighted by molar-refractivity contribution is 0.393. The zero-order valence-corrected chi connectivity index (χ0v) is 13.5. The summed E-state index contributed by atoms with van der Waals surface area (Å²) in [4.78, 5) is 11.6. The summed E-state index contributed by atoms with van der Waals surface area (Å²) in [5.41, 5.74) is 4.25. The monoisotopic (exact) mass is 328 g/mol. The normalized spacial score (nSPS) is 11.5. The molecular formula is C16H13ClN4O2. The van der Waals surface area contributed by atoms with Crippen LogP contribution in [0.25, 0.3) is 33.1 Å². The number of aromatic amines is 1. The first kappa shape index (κ1) is 14.0.